The molecule has 2 bridgehead atoms. The van der Waals surface area contributed by atoms with Crippen molar-refractivity contribution in [2.75, 3.05) is 13.2 Å². The van der Waals surface area contributed by atoms with Crippen LogP contribution >= 0.6 is 0 Å². The van der Waals surface area contributed by atoms with Gasteiger partial charge in [-0.1, -0.05) is 26.8 Å². The minimum atomic E-state index is -1.13. The molecule has 4 rings (SSSR count). The van der Waals surface area contributed by atoms with Gasteiger partial charge in [-0.3, -0.25) is 9.59 Å². The first kappa shape index (κ1) is 21.7. The third kappa shape index (κ3) is 2.80. The van der Waals surface area contributed by atoms with Crippen molar-refractivity contribution in [3.63, 3.8) is 0 Å². The van der Waals surface area contributed by atoms with Gasteiger partial charge in [0, 0.05) is 30.6 Å². The highest BCUT2D eigenvalue weighted by molar-refractivity contribution is 5.70. The van der Waals surface area contributed by atoms with Gasteiger partial charge in [0.15, 0.2) is 0 Å². The molecule has 2 saturated heterocycles. The Morgan fingerprint density at radius 2 is 2.00 bits per heavy atom. The Morgan fingerprint density at radius 1 is 1.33 bits per heavy atom. The Balaban J connectivity index is 1.75. The predicted octanol–water partition coefficient (Wildman–Crippen LogP) is 1.12. The topological polar surface area (TPSA) is 115 Å². The monoisotopic (exact) mass is 424 g/mol. The molecular weight excluding hydrogens is 392 g/mol. The summed E-state index contributed by atoms with van der Waals surface area (Å²) in [7, 11) is 0. The second-order valence-electron chi connectivity index (χ2n) is 9.92. The van der Waals surface area contributed by atoms with E-state index < -0.39 is 52.9 Å². The number of epoxide rings is 1. The fraction of sp³-hybridized carbons (Fsp3) is 0.818. The van der Waals surface area contributed by atoms with Crippen molar-refractivity contribution in [3.05, 3.63) is 11.6 Å². The fourth-order valence-corrected chi connectivity index (χ4v) is 5.92. The minimum absolute atomic E-state index is 0.0346. The Morgan fingerprint density at radius 3 is 2.57 bits per heavy atom. The Hall–Kier alpha value is -1.48. The molecule has 2 aliphatic heterocycles. The molecule has 8 nitrogen and oxygen atoms in total. The van der Waals surface area contributed by atoms with Gasteiger partial charge in [0.2, 0.25) is 0 Å². The van der Waals surface area contributed by atoms with Crippen molar-refractivity contribution in [1.29, 1.82) is 0 Å². The summed E-state index contributed by atoms with van der Waals surface area (Å²) >= 11 is 0. The van der Waals surface area contributed by atoms with Crippen LogP contribution in [0.3, 0.4) is 0 Å². The zero-order valence-electron chi connectivity index (χ0n) is 18.2. The standard InChI is InChI=1S/C22H32O8/c1-11(2)6-16(24)29-14-8-21(9-27-13(4)23)15(7-12(14)3)30-19-17(25)18(26)20(21,5)22(19)10-28-22/h7,11,14-15,17-19,25-26H,6,8-10H2,1-5H3/t14-,15+,17+,18+,19?,20+,21+,22?/m0/s1. The van der Waals surface area contributed by atoms with Crippen LogP contribution in [0.5, 0.6) is 0 Å². The van der Waals surface area contributed by atoms with E-state index in [1.165, 1.54) is 6.92 Å². The predicted molar refractivity (Wildman–Crippen MR) is 104 cm³/mol. The minimum Gasteiger partial charge on any atom is -0.465 e. The van der Waals surface area contributed by atoms with E-state index in [-0.39, 0.29) is 18.5 Å². The second-order valence-corrected chi connectivity index (χ2v) is 9.92. The van der Waals surface area contributed by atoms with Gasteiger partial charge in [0.1, 0.15) is 30.5 Å². The molecule has 0 aromatic heterocycles. The van der Waals surface area contributed by atoms with Gasteiger partial charge in [-0.15, -0.1) is 0 Å². The summed E-state index contributed by atoms with van der Waals surface area (Å²) in [4.78, 5) is 24.1. The van der Waals surface area contributed by atoms with Gasteiger partial charge in [-0.25, -0.2) is 0 Å². The number of esters is 2. The maximum atomic E-state index is 12.4. The summed E-state index contributed by atoms with van der Waals surface area (Å²) in [6.07, 6.45) is -1.50. The molecule has 2 aliphatic carbocycles. The molecule has 0 aromatic rings. The first-order valence-corrected chi connectivity index (χ1v) is 10.7. The number of fused-ring (bicyclic) bond motifs is 2. The van der Waals surface area contributed by atoms with E-state index in [4.69, 9.17) is 18.9 Å². The number of rotatable bonds is 5. The van der Waals surface area contributed by atoms with Gasteiger partial charge >= 0.3 is 11.9 Å². The first-order chi connectivity index (χ1) is 14.0. The lowest BCUT2D eigenvalue weighted by Gasteiger charge is -2.58. The average molecular weight is 424 g/mol. The van der Waals surface area contributed by atoms with E-state index in [0.717, 1.165) is 5.57 Å². The molecule has 0 radical (unpaired) electrons. The molecule has 0 aromatic carbocycles. The van der Waals surface area contributed by atoms with Crippen LogP contribution in [0.25, 0.3) is 0 Å². The van der Waals surface area contributed by atoms with E-state index in [1.54, 1.807) is 0 Å². The van der Waals surface area contributed by atoms with Crippen LogP contribution < -0.4 is 0 Å². The van der Waals surface area contributed by atoms with Crippen molar-refractivity contribution in [1.82, 2.24) is 0 Å². The Labute approximate surface area is 176 Å². The zero-order chi connectivity index (χ0) is 22.1. The molecule has 1 saturated carbocycles. The molecule has 2 unspecified atom stereocenters. The van der Waals surface area contributed by atoms with Crippen molar-refractivity contribution < 1.29 is 38.7 Å². The number of aliphatic hydroxyl groups excluding tert-OH is 2. The van der Waals surface area contributed by atoms with Crippen LogP contribution in [-0.4, -0.2) is 71.5 Å². The number of carbonyl (C=O) groups excluding carboxylic acids is 2. The third-order valence-corrected chi connectivity index (χ3v) is 7.74. The van der Waals surface area contributed by atoms with Crippen molar-refractivity contribution in [3.8, 4) is 0 Å². The van der Waals surface area contributed by atoms with Crippen molar-refractivity contribution in [2.45, 2.75) is 83.6 Å². The SMILES string of the molecule is CC(=O)OC[C@]12C[C@H](OC(=O)CC(C)C)C(C)=C[C@H]1OC1[C@H](O)[C@@H](O)[C@@]2(C)C12CO2. The summed E-state index contributed by atoms with van der Waals surface area (Å²) in [5.41, 5.74) is -1.89. The molecule has 8 atom stereocenters. The fourth-order valence-electron chi connectivity index (χ4n) is 5.92. The normalized spacial score (nSPS) is 46.4. The van der Waals surface area contributed by atoms with E-state index in [0.29, 0.717) is 19.4 Å². The molecule has 0 amide bonds. The Kier molecular flexibility index (Phi) is 5.09. The van der Waals surface area contributed by atoms with Gasteiger partial charge in [0.05, 0.1) is 18.8 Å². The number of aliphatic hydroxyl groups is 2. The summed E-state index contributed by atoms with van der Waals surface area (Å²) < 4.78 is 23.4. The molecular formula is C22H32O8. The quantitative estimate of drug-likeness (QED) is 0.383. The van der Waals surface area contributed by atoms with Gasteiger partial charge in [-0.2, -0.15) is 0 Å². The summed E-state index contributed by atoms with van der Waals surface area (Å²) in [5.74, 6) is -0.584. The van der Waals surface area contributed by atoms with Crippen LogP contribution in [0.15, 0.2) is 11.6 Å². The maximum absolute atomic E-state index is 12.4. The number of ether oxygens (including phenoxy) is 4. The van der Waals surface area contributed by atoms with Crippen LogP contribution in [0.1, 0.15) is 47.5 Å². The van der Waals surface area contributed by atoms with Crippen molar-refractivity contribution >= 4 is 11.9 Å². The Bertz CT molecular complexity index is 771. The lowest BCUT2D eigenvalue weighted by atomic mass is 9.51. The highest BCUT2D eigenvalue weighted by Crippen LogP contribution is 2.71. The van der Waals surface area contributed by atoms with E-state index in [1.807, 2.05) is 33.8 Å². The lowest BCUT2D eigenvalue weighted by molar-refractivity contribution is -0.239. The molecule has 2 heterocycles. The van der Waals surface area contributed by atoms with Crippen LogP contribution in [0, 0.1) is 16.7 Å². The average Bonchev–Trinajstić information content (AvgIpc) is 3.43. The lowest BCUT2D eigenvalue weighted by Crippen LogP contribution is -2.67. The highest BCUT2D eigenvalue weighted by Gasteiger charge is 2.85. The summed E-state index contributed by atoms with van der Waals surface area (Å²) in [5, 5.41) is 21.9. The van der Waals surface area contributed by atoms with Gasteiger partial charge < -0.3 is 29.2 Å². The molecule has 3 fully saturated rings. The molecule has 2 N–H and O–H groups in total. The van der Waals surface area contributed by atoms with Gasteiger partial charge in [-0.05, 0) is 18.4 Å². The second kappa shape index (κ2) is 7.02. The van der Waals surface area contributed by atoms with E-state index in [2.05, 4.69) is 0 Å². The van der Waals surface area contributed by atoms with E-state index >= 15 is 0 Å². The first-order valence-electron chi connectivity index (χ1n) is 10.7. The summed E-state index contributed by atoms with van der Waals surface area (Å²) in [6.45, 7) is 9.28. The highest BCUT2D eigenvalue weighted by atomic mass is 16.6. The van der Waals surface area contributed by atoms with Gasteiger partial charge in [0.25, 0.3) is 0 Å². The maximum Gasteiger partial charge on any atom is 0.306 e. The molecule has 1 spiro atoms. The third-order valence-electron chi connectivity index (χ3n) is 7.74. The summed E-state index contributed by atoms with van der Waals surface area (Å²) in [6, 6.07) is 0. The van der Waals surface area contributed by atoms with Crippen LogP contribution in [0.4, 0.5) is 0 Å². The van der Waals surface area contributed by atoms with Crippen LogP contribution in [0.2, 0.25) is 0 Å². The largest absolute Gasteiger partial charge is 0.465 e. The number of hydrogen-bond donors (Lipinski definition) is 2. The zero-order valence-corrected chi connectivity index (χ0v) is 18.2. The van der Waals surface area contributed by atoms with E-state index in [9.17, 15) is 19.8 Å². The van der Waals surface area contributed by atoms with Crippen LogP contribution in [-0.2, 0) is 28.5 Å². The molecule has 30 heavy (non-hydrogen) atoms. The molecule has 8 heteroatoms. The van der Waals surface area contributed by atoms with Crippen molar-refractivity contribution in [2.24, 2.45) is 16.7 Å². The molecule has 168 valence electrons. The molecule has 4 aliphatic rings. The smallest absolute Gasteiger partial charge is 0.306 e. The number of carbonyl (C=O) groups is 2. The number of hydrogen-bond acceptors (Lipinski definition) is 8.